The summed E-state index contributed by atoms with van der Waals surface area (Å²) >= 11 is 0. The van der Waals surface area contributed by atoms with Gasteiger partial charge >= 0.3 is 0 Å². The van der Waals surface area contributed by atoms with Gasteiger partial charge in [-0.05, 0) is 49.4 Å². The van der Waals surface area contributed by atoms with Crippen LogP contribution in [-0.2, 0) is 13.0 Å². The minimum Gasteiger partial charge on any atom is -0.373 e. The van der Waals surface area contributed by atoms with E-state index in [4.69, 9.17) is 9.97 Å². The zero-order valence-corrected chi connectivity index (χ0v) is 19.2. The van der Waals surface area contributed by atoms with Crippen molar-refractivity contribution in [3.8, 4) is 0 Å². The number of nitrogens with one attached hydrogen (secondary N) is 2. The topological polar surface area (TPSA) is 73.4 Å². The number of carbonyl (C=O) groups is 1. The Balaban J connectivity index is 1.26. The van der Waals surface area contributed by atoms with Crippen LogP contribution < -0.4 is 15.5 Å². The molecule has 1 aromatic carbocycles. The van der Waals surface area contributed by atoms with E-state index in [2.05, 4.69) is 34.6 Å². The summed E-state index contributed by atoms with van der Waals surface area (Å²) in [6, 6.07) is 8.20. The molecule has 7 heteroatoms. The summed E-state index contributed by atoms with van der Waals surface area (Å²) in [6.07, 6.45) is 4.33. The highest BCUT2D eigenvalue weighted by Gasteiger charge is 2.31. The fourth-order valence-electron chi connectivity index (χ4n) is 5.17. The number of nitrogens with zero attached hydrogens (tertiary/aromatic N) is 4. The van der Waals surface area contributed by atoms with Crippen LogP contribution in [0.25, 0.3) is 0 Å². The number of piperidine rings is 1. The van der Waals surface area contributed by atoms with E-state index in [1.807, 2.05) is 24.1 Å². The number of amides is 1. The van der Waals surface area contributed by atoms with E-state index in [0.717, 1.165) is 74.4 Å². The predicted octanol–water partition coefficient (Wildman–Crippen LogP) is 3.03. The van der Waals surface area contributed by atoms with Gasteiger partial charge in [0, 0.05) is 75.5 Å². The Hall–Kier alpha value is -2.67. The van der Waals surface area contributed by atoms with Gasteiger partial charge in [0.25, 0.3) is 5.91 Å². The molecule has 5 rings (SSSR count). The van der Waals surface area contributed by atoms with Gasteiger partial charge in [0.1, 0.15) is 11.6 Å². The third-order valence-electron chi connectivity index (χ3n) is 7.29. The van der Waals surface area contributed by atoms with Crippen molar-refractivity contribution in [2.24, 2.45) is 5.92 Å². The van der Waals surface area contributed by atoms with Crippen LogP contribution in [0.5, 0.6) is 0 Å². The number of benzene rings is 1. The number of likely N-dealkylation sites (tertiary alicyclic amines) is 1. The van der Waals surface area contributed by atoms with Crippen LogP contribution >= 0.6 is 0 Å². The fraction of sp³-hybridized carbons (Fsp3) is 0.560. The summed E-state index contributed by atoms with van der Waals surface area (Å²) in [7, 11) is 1.92. The number of anilines is 2. The van der Waals surface area contributed by atoms with Gasteiger partial charge in [-0.25, -0.2) is 9.97 Å². The highest BCUT2D eigenvalue weighted by Crippen LogP contribution is 2.30. The second-order valence-electron chi connectivity index (χ2n) is 9.49. The van der Waals surface area contributed by atoms with Crippen LogP contribution in [0.1, 0.15) is 59.5 Å². The molecular weight excluding hydrogens is 400 g/mol. The van der Waals surface area contributed by atoms with E-state index in [9.17, 15) is 4.79 Å². The van der Waals surface area contributed by atoms with Crippen molar-refractivity contribution in [2.45, 2.75) is 45.1 Å². The molecule has 0 radical (unpaired) electrons. The van der Waals surface area contributed by atoms with Crippen LogP contribution in [0.3, 0.4) is 0 Å². The number of aromatic nitrogens is 2. The maximum absolute atomic E-state index is 13.2. The fourth-order valence-corrected chi connectivity index (χ4v) is 5.17. The lowest BCUT2D eigenvalue weighted by Gasteiger charge is -2.32. The molecule has 1 atom stereocenters. The number of rotatable bonds is 4. The average Bonchev–Trinajstić information content (AvgIpc) is 3.34. The SMILES string of the molecule is CNc1nc(C2CCN(C(=O)c3ccc(N4CCC(C)CC4)cc3)C2)nc2c1CNCC2. The molecule has 1 aromatic heterocycles. The summed E-state index contributed by atoms with van der Waals surface area (Å²) in [5.41, 5.74) is 4.32. The first-order chi connectivity index (χ1) is 15.6. The van der Waals surface area contributed by atoms with E-state index in [1.54, 1.807) is 0 Å². The summed E-state index contributed by atoms with van der Waals surface area (Å²) in [5.74, 6) is 2.92. The van der Waals surface area contributed by atoms with Crippen LogP contribution in [0.2, 0.25) is 0 Å². The molecule has 2 N–H and O–H groups in total. The Morgan fingerprint density at radius 1 is 1.09 bits per heavy atom. The molecule has 3 aliphatic rings. The molecule has 4 heterocycles. The molecule has 0 aliphatic carbocycles. The third-order valence-corrected chi connectivity index (χ3v) is 7.29. The Morgan fingerprint density at radius 3 is 2.62 bits per heavy atom. The maximum atomic E-state index is 13.2. The largest absolute Gasteiger partial charge is 0.373 e. The predicted molar refractivity (Wildman–Crippen MR) is 127 cm³/mol. The molecule has 2 aromatic rings. The molecule has 0 spiro atoms. The van der Waals surface area contributed by atoms with Gasteiger partial charge in [-0.2, -0.15) is 0 Å². The molecule has 1 unspecified atom stereocenters. The van der Waals surface area contributed by atoms with Crippen LogP contribution in [0, 0.1) is 5.92 Å². The first-order valence-electron chi connectivity index (χ1n) is 12.0. The van der Waals surface area contributed by atoms with E-state index < -0.39 is 0 Å². The van der Waals surface area contributed by atoms with Crippen molar-refractivity contribution in [3.05, 3.63) is 46.9 Å². The standard InChI is InChI=1S/C25H34N6O/c1-17-8-12-30(13-9-17)20-5-3-18(4-6-20)25(32)31-14-10-19(16-31)23-28-22-7-11-27-15-21(22)24(26-2)29-23/h3-6,17,19,27H,7-16H2,1-2H3,(H,26,28,29). The first kappa shape index (κ1) is 21.2. The second-order valence-corrected chi connectivity index (χ2v) is 9.49. The molecular formula is C25H34N6O. The van der Waals surface area contributed by atoms with Gasteiger partial charge in [-0.15, -0.1) is 0 Å². The van der Waals surface area contributed by atoms with Crippen LogP contribution in [0.4, 0.5) is 11.5 Å². The van der Waals surface area contributed by atoms with Crippen LogP contribution in [-0.4, -0.2) is 60.5 Å². The highest BCUT2D eigenvalue weighted by molar-refractivity contribution is 5.94. The van der Waals surface area contributed by atoms with E-state index in [0.29, 0.717) is 6.54 Å². The average molecular weight is 435 g/mol. The van der Waals surface area contributed by atoms with Crippen molar-refractivity contribution in [3.63, 3.8) is 0 Å². The molecule has 1 amide bonds. The van der Waals surface area contributed by atoms with Crippen LogP contribution in [0.15, 0.2) is 24.3 Å². The van der Waals surface area contributed by atoms with Gasteiger partial charge < -0.3 is 20.4 Å². The third kappa shape index (κ3) is 4.18. The Kier molecular flexibility index (Phi) is 6.00. The number of hydrogen-bond donors (Lipinski definition) is 2. The molecule has 3 aliphatic heterocycles. The van der Waals surface area contributed by atoms with Gasteiger partial charge in [-0.3, -0.25) is 4.79 Å². The maximum Gasteiger partial charge on any atom is 0.253 e. The van der Waals surface area contributed by atoms with Crippen molar-refractivity contribution in [1.82, 2.24) is 20.2 Å². The summed E-state index contributed by atoms with van der Waals surface area (Å²) in [4.78, 5) is 27.3. The zero-order chi connectivity index (χ0) is 22.1. The highest BCUT2D eigenvalue weighted by atomic mass is 16.2. The smallest absolute Gasteiger partial charge is 0.253 e. The van der Waals surface area contributed by atoms with Crippen molar-refractivity contribution >= 4 is 17.4 Å². The van der Waals surface area contributed by atoms with Crippen molar-refractivity contribution in [1.29, 1.82) is 0 Å². The Labute approximate surface area is 190 Å². The monoisotopic (exact) mass is 434 g/mol. The minimum absolute atomic E-state index is 0.113. The molecule has 32 heavy (non-hydrogen) atoms. The molecule has 2 fully saturated rings. The summed E-state index contributed by atoms with van der Waals surface area (Å²) in [5, 5.41) is 6.63. The molecule has 2 saturated heterocycles. The molecule has 0 bridgehead atoms. The lowest BCUT2D eigenvalue weighted by molar-refractivity contribution is 0.0790. The molecule has 7 nitrogen and oxygen atoms in total. The number of hydrogen-bond acceptors (Lipinski definition) is 6. The van der Waals surface area contributed by atoms with Crippen molar-refractivity contribution in [2.75, 3.05) is 50.0 Å². The van der Waals surface area contributed by atoms with E-state index >= 15 is 0 Å². The zero-order valence-electron chi connectivity index (χ0n) is 19.2. The number of fused-ring (bicyclic) bond motifs is 1. The molecule has 170 valence electrons. The minimum atomic E-state index is 0.113. The lowest BCUT2D eigenvalue weighted by atomic mass is 9.98. The van der Waals surface area contributed by atoms with Gasteiger partial charge in [0.05, 0.1) is 5.69 Å². The summed E-state index contributed by atoms with van der Waals surface area (Å²) in [6.45, 7) is 7.74. The Bertz CT molecular complexity index is 950. The Morgan fingerprint density at radius 2 is 1.88 bits per heavy atom. The van der Waals surface area contributed by atoms with E-state index in [1.165, 1.54) is 24.1 Å². The van der Waals surface area contributed by atoms with E-state index in [-0.39, 0.29) is 11.8 Å². The second kappa shape index (κ2) is 9.06. The first-order valence-corrected chi connectivity index (χ1v) is 12.0. The normalized spacial score (nSPS) is 21.5. The van der Waals surface area contributed by atoms with Crippen molar-refractivity contribution < 1.29 is 4.79 Å². The van der Waals surface area contributed by atoms with Gasteiger partial charge in [-0.1, -0.05) is 6.92 Å². The summed E-state index contributed by atoms with van der Waals surface area (Å²) < 4.78 is 0. The van der Waals surface area contributed by atoms with Gasteiger partial charge in [0.2, 0.25) is 0 Å². The quantitative estimate of drug-likeness (QED) is 0.771. The molecule has 0 saturated carbocycles. The van der Waals surface area contributed by atoms with Gasteiger partial charge in [0.15, 0.2) is 0 Å². The number of carbonyl (C=O) groups excluding carboxylic acids is 1. The lowest BCUT2D eigenvalue weighted by Crippen LogP contribution is -2.33.